The standard InChI is InChI=1S/C9H20N2OS/c1-8-2-3-11(4-5-13-8)7-9(12)6-10/h8-9,12H,2-7,10H2,1H3. The average molecular weight is 204 g/mol. The van der Waals surface area contributed by atoms with E-state index in [4.69, 9.17) is 5.73 Å². The van der Waals surface area contributed by atoms with E-state index in [1.54, 1.807) is 0 Å². The fraction of sp³-hybridized carbons (Fsp3) is 1.00. The summed E-state index contributed by atoms with van der Waals surface area (Å²) in [5.74, 6) is 1.18. The van der Waals surface area contributed by atoms with E-state index in [1.807, 2.05) is 11.8 Å². The van der Waals surface area contributed by atoms with Crippen LogP contribution in [-0.4, -0.2) is 53.3 Å². The van der Waals surface area contributed by atoms with Gasteiger partial charge in [-0.3, -0.25) is 4.90 Å². The molecular weight excluding hydrogens is 184 g/mol. The highest BCUT2D eigenvalue weighted by molar-refractivity contribution is 7.99. The molecule has 1 heterocycles. The lowest BCUT2D eigenvalue weighted by atomic mass is 10.2. The van der Waals surface area contributed by atoms with Crippen LogP contribution in [0.15, 0.2) is 0 Å². The van der Waals surface area contributed by atoms with E-state index >= 15 is 0 Å². The summed E-state index contributed by atoms with van der Waals surface area (Å²) in [4.78, 5) is 2.31. The van der Waals surface area contributed by atoms with Crippen molar-refractivity contribution in [2.45, 2.75) is 24.7 Å². The van der Waals surface area contributed by atoms with Crippen LogP contribution in [0, 0.1) is 0 Å². The maximum atomic E-state index is 9.39. The molecule has 1 rings (SSSR count). The normalized spacial score (nSPS) is 28.4. The van der Waals surface area contributed by atoms with Gasteiger partial charge in [0.05, 0.1) is 6.10 Å². The van der Waals surface area contributed by atoms with Gasteiger partial charge in [0.2, 0.25) is 0 Å². The first-order valence-electron chi connectivity index (χ1n) is 4.94. The van der Waals surface area contributed by atoms with Crippen molar-refractivity contribution in [3.8, 4) is 0 Å². The molecule has 0 amide bonds. The third kappa shape index (κ3) is 4.31. The Bertz CT molecular complexity index is 146. The molecule has 3 nitrogen and oxygen atoms in total. The lowest BCUT2D eigenvalue weighted by molar-refractivity contribution is 0.122. The first-order chi connectivity index (χ1) is 6.22. The molecule has 1 aliphatic heterocycles. The zero-order valence-electron chi connectivity index (χ0n) is 8.28. The quantitative estimate of drug-likeness (QED) is 0.686. The van der Waals surface area contributed by atoms with Gasteiger partial charge in [-0.05, 0) is 13.0 Å². The number of β-amino-alcohol motifs (C(OH)–C–C–N with tert-alkyl or cyclic N) is 1. The fourth-order valence-corrected chi connectivity index (χ4v) is 2.54. The van der Waals surface area contributed by atoms with Gasteiger partial charge in [-0.1, -0.05) is 6.92 Å². The van der Waals surface area contributed by atoms with Gasteiger partial charge in [0.25, 0.3) is 0 Å². The second-order valence-corrected chi connectivity index (χ2v) is 5.21. The molecule has 0 spiro atoms. The Balaban J connectivity index is 2.25. The summed E-state index contributed by atoms with van der Waals surface area (Å²) >= 11 is 2.02. The van der Waals surface area contributed by atoms with Crippen molar-refractivity contribution in [2.75, 3.05) is 31.9 Å². The Hall–Kier alpha value is 0.230. The molecule has 0 aromatic rings. The highest BCUT2D eigenvalue weighted by atomic mass is 32.2. The number of thioether (sulfide) groups is 1. The predicted octanol–water partition coefficient (Wildman–Crippen LogP) is 0.133. The molecule has 0 saturated carbocycles. The molecule has 0 aromatic carbocycles. The molecule has 3 N–H and O–H groups in total. The first kappa shape index (κ1) is 11.3. The summed E-state index contributed by atoms with van der Waals surface area (Å²) in [7, 11) is 0. The van der Waals surface area contributed by atoms with E-state index in [0.717, 1.165) is 24.9 Å². The van der Waals surface area contributed by atoms with Gasteiger partial charge in [-0.2, -0.15) is 11.8 Å². The smallest absolute Gasteiger partial charge is 0.0789 e. The van der Waals surface area contributed by atoms with Crippen LogP contribution in [0.1, 0.15) is 13.3 Å². The molecule has 2 unspecified atom stereocenters. The Labute approximate surface area is 84.7 Å². The van der Waals surface area contributed by atoms with E-state index in [1.165, 1.54) is 12.2 Å². The van der Waals surface area contributed by atoms with Crippen LogP contribution in [0.3, 0.4) is 0 Å². The van der Waals surface area contributed by atoms with Crippen LogP contribution in [0.5, 0.6) is 0 Å². The van der Waals surface area contributed by atoms with Crippen molar-refractivity contribution >= 4 is 11.8 Å². The third-order valence-electron chi connectivity index (χ3n) is 2.40. The maximum Gasteiger partial charge on any atom is 0.0789 e. The highest BCUT2D eigenvalue weighted by Crippen LogP contribution is 2.18. The molecule has 1 aliphatic rings. The minimum Gasteiger partial charge on any atom is -0.390 e. The van der Waals surface area contributed by atoms with Crippen LogP contribution < -0.4 is 5.73 Å². The molecule has 0 radical (unpaired) electrons. The van der Waals surface area contributed by atoms with E-state index in [-0.39, 0.29) is 6.10 Å². The Morgan fingerprint density at radius 1 is 1.62 bits per heavy atom. The summed E-state index contributed by atoms with van der Waals surface area (Å²) in [6, 6.07) is 0. The van der Waals surface area contributed by atoms with Gasteiger partial charge < -0.3 is 10.8 Å². The van der Waals surface area contributed by atoms with Crippen molar-refractivity contribution in [3.63, 3.8) is 0 Å². The molecular formula is C9H20N2OS. The van der Waals surface area contributed by atoms with Gasteiger partial charge in [0.15, 0.2) is 0 Å². The summed E-state index contributed by atoms with van der Waals surface area (Å²) in [5.41, 5.74) is 5.37. The van der Waals surface area contributed by atoms with Gasteiger partial charge in [-0.25, -0.2) is 0 Å². The molecule has 13 heavy (non-hydrogen) atoms. The average Bonchev–Trinajstić information content (AvgIpc) is 2.31. The molecule has 2 atom stereocenters. The molecule has 1 fully saturated rings. The second kappa shape index (κ2) is 5.86. The molecule has 4 heteroatoms. The first-order valence-corrected chi connectivity index (χ1v) is 5.99. The van der Waals surface area contributed by atoms with Gasteiger partial charge in [0.1, 0.15) is 0 Å². The van der Waals surface area contributed by atoms with E-state index in [0.29, 0.717) is 6.54 Å². The number of nitrogens with zero attached hydrogens (tertiary/aromatic N) is 1. The van der Waals surface area contributed by atoms with Crippen LogP contribution in [0.4, 0.5) is 0 Å². The second-order valence-electron chi connectivity index (χ2n) is 3.66. The van der Waals surface area contributed by atoms with E-state index < -0.39 is 0 Å². The minimum atomic E-state index is -0.349. The zero-order chi connectivity index (χ0) is 9.68. The SMILES string of the molecule is CC1CCN(CC(O)CN)CCS1. The molecule has 0 aromatic heterocycles. The van der Waals surface area contributed by atoms with E-state index in [2.05, 4.69) is 11.8 Å². The van der Waals surface area contributed by atoms with Crippen molar-refractivity contribution < 1.29 is 5.11 Å². The third-order valence-corrected chi connectivity index (χ3v) is 3.63. The van der Waals surface area contributed by atoms with Crippen molar-refractivity contribution in [1.82, 2.24) is 4.90 Å². The minimum absolute atomic E-state index is 0.349. The summed E-state index contributed by atoms with van der Waals surface area (Å²) in [6.45, 7) is 5.58. The number of hydrogen-bond donors (Lipinski definition) is 2. The van der Waals surface area contributed by atoms with Crippen LogP contribution in [0.25, 0.3) is 0 Å². The summed E-state index contributed by atoms with van der Waals surface area (Å²) < 4.78 is 0. The molecule has 78 valence electrons. The summed E-state index contributed by atoms with van der Waals surface area (Å²) in [6.07, 6.45) is 0.875. The Kier molecular flexibility index (Phi) is 5.09. The largest absolute Gasteiger partial charge is 0.390 e. The maximum absolute atomic E-state index is 9.39. The van der Waals surface area contributed by atoms with Gasteiger partial charge in [0, 0.05) is 30.6 Å². The number of aliphatic hydroxyl groups excluding tert-OH is 1. The Morgan fingerprint density at radius 3 is 3.08 bits per heavy atom. The predicted molar refractivity (Wildman–Crippen MR) is 58.0 cm³/mol. The lowest BCUT2D eigenvalue weighted by Crippen LogP contribution is -2.37. The number of aliphatic hydroxyl groups is 1. The number of nitrogens with two attached hydrogens (primary N) is 1. The van der Waals surface area contributed by atoms with Crippen LogP contribution >= 0.6 is 11.8 Å². The molecule has 1 saturated heterocycles. The molecule has 0 bridgehead atoms. The van der Waals surface area contributed by atoms with Crippen LogP contribution in [-0.2, 0) is 0 Å². The Morgan fingerprint density at radius 2 is 2.38 bits per heavy atom. The lowest BCUT2D eigenvalue weighted by Gasteiger charge is -2.21. The zero-order valence-corrected chi connectivity index (χ0v) is 9.09. The highest BCUT2D eigenvalue weighted by Gasteiger charge is 2.15. The van der Waals surface area contributed by atoms with Crippen molar-refractivity contribution in [2.24, 2.45) is 5.73 Å². The molecule has 0 aliphatic carbocycles. The van der Waals surface area contributed by atoms with Gasteiger partial charge in [-0.15, -0.1) is 0 Å². The topological polar surface area (TPSA) is 49.5 Å². The summed E-state index contributed by atoms with van der Waals surface area (Å²) in [5, 5.41) is 10.2. The van der Waals surface area contributed by atoms with E-state index in [9.17, 15) is 5.11 Å². The van der Waals surface area contributed by atoms with Crippen molar-refractivity contribution in [1.29, 1.82) is 0 Å². The van der Waals surface area contributed by atoms with Crippen LogP contribution in [0.2, 0.25) is 0 Å². The van der Waals surface area contributed by atoms with Gasteiger partial charge >= 0.3 is 0 Å². The fourth-order valence-electron chi connectivity index (χ4n) is 1.50. The number of hydrogen-bond acceptors (Lipinski definition) is 4. The van der Waals surface area contributed by atoms with Crippen molar-refractivity contribution in [3.05, 3.63) is 0 Å². The number of rotatable bonds is 3. The monoisotopic (exact) mass is 204 g/mol.